The van der Waals surface area contributed by atoms with Gasteiger partial charge in [-0.05, 0) is 49.7 Å². The molecular weight excluding hydrogens is 288 g/mol. The van der Waals surface area contributed by atoms with Gasteiger partial charge in [-0.3, -0.25) is 9.97 Å². The molecule has 0 amide bonds. The Balaban J connectivity index is 2.12. The van der Waals surface area contributed by atoms with E-state index in [1.165, 1.54) is 0 Å². The van der Waals surface area contributed by atoms with Crippen LogP contribution >= 0.6 is 0 Å². The second kappa shape index (κ2) is 6.57. The summed E-state index contributed by atoms with van der Waals surface area (Å²) < 4.78 is 5.52. The van der Waals surface area contributed by atoms with E-state index in [9.17, 15) is 4.79 Å². The van der Waals surface area contributed by atoms with Crippen LogP contribution in [0.15, 0.2) is 48.7 Å². The van der Waals surface area contributed by atoms with Crippen molar-refractivity contribution in [3.63, 3.8) is 0 Å². The van der Waals surface area contributed by atoms with Crippen LogP contribution < -0.4 is 4.74 Å². The molecule has 0 saturated heterocycles. The Morgan fingerprint density at radius 1 is 1.22 bits per heavy atom. The van der Waals surface area contributed by atoms with Crippen LogP contribution in [0.3, 0.4) is 0 Å². The van der Waals surface area contributed by atoms with Crippen molar-refractivity contribution in [3.05, 3.63) is 65.6 Å². The van der Waals surface area contributed by atoms with Crippen LogP contribution in [-0.4, -0.2) is 22.9 Å². The molecule has 3 aromatic rings. The molecule has 3 rings (SSSR count). The molecule has 0 aliphatic carbocycles. The van der Waals surface area contributed by atoms with E-state index in [0.29, 0.717) is 6.61 Å². The smallest absolute Gasteiger partial charge is 0.133 e. The Morgan fingerprint density at radius 3 is 2.83 bits per heavy atom. The average molecular weight is 306 g/mol. The summed E-state index contributed by atoms with van der Waals surface area (Å²) in [5, 5.41) is 0.941. The quantitative estimate of drug-likeness (QED) is 0.675. The van der Waals surface area contributed by atoms with Gasteiger partial charge in [-0.1, -0.05) is 6.07 Å². The highest BCUT2D eigenvalue weighted by Crippen LogP contribution is 2.29. The fourth-order valence-electron chi connectivity index (χ4n) is 2.72. The van der Waals surface area contributed by atoms with Gasteiger partial charge in [-0.15, -0.1) is 0 Å². The van der Waals surface area contributed by atoms with Crippen molar-refractivity contribution in [2.24, 2.45) is 0 Å². The van der Waals surface area contributed by atoms with Gasteiger partial charge < -0.3 is 9.53 Å². The number of nitrogens with zero attached hydrogens (tertiary/aromatic N) is 2. The standard InChI is InChI=1S/C19H18N2O2/c1-3-23-14-7-8-16-15(9-10-20-19(16)11-14)17(12-22)18-6-4-5-13(2)21-18/h4-12,17H,3H2,1-2H3. The minimum atomic E-state index is -0.404. The molecule has 0 N–H and O–H groups in total. The topological polar surface area (TPSA) is 52.1 Å². The minimum absolute atomic E-state index is 0.404. The zero-order valence-electron chi connectivity index (χ0n) is 13.2. The number of rotatable bonds is 5. The van der Waals surface area contributed by atoms with E-state index in [0.717, 1.165) is 39.9 Å². The third kappa shape index (κ3) is 3.06. The maximum absolute atomic E-state index is 11.7. The van der Waals surface area contributed by atoms with Crippen molar-refractivity contribution in [1.82, 2.24) is 9.97 Å². The summed E-state index contributed by atoms with van der Waals surface area (Å²) in [5.41, 5.74) is 3.37. The van der Waals surface area contributed by atoms with Gasteiger partial charge in [0.1, 0.15) is 12.0 Å². The molecule has 0 bridgehead atoms. The summed E-state index contributed by atoms with van der Waals surface area (Å²) in [6.45, 7) is 4.47. The summed E-state index contributed by atoms with van der Waals surface area (Å²) in [5.74, 6) is 0.374. The van der Waals surface area contributed by atoms with E-state index >= 15 is 0 Å². The number of aromatic nitrogens is 2. The van der Waals surface area contributed by atoms with Crippen molar-refractivity contribution >= 4 is 17.2 Å². The third-order valence-corrected chi connectivity index (χ3v) is 3.76. The normalized spacial score (nSPS) is 12.1. The highest BCUT2D eigenvalue weighted by molar-refractivity contribution is 5.87. The van der Waals surface area contributed by atoms with Crippen LogP contribution in [0.25, 0.3) is 10.9 Å². The van der Waals surface area contributed by atoms with Crippen molar-refractivity contribution in [3.8, 4) is 5.75 Å². The minimum Gasteiger partial charge on any atom is -0.494 e. The zero-order chi connectivity index (χ0) is 16.2. The van der Waals surface area contributed by atoms with Crippen molar-refractivity contribution < 1.29 is 9.53 Å². The maximum atomic E-state index is 11.7. The number of benzene rings is 1. The van der Waals surface area contributed by atoms with Gasteiger partial charge in [0.05, 0.1) is 23.7 Å². The van der Waals surface area contributed by atoms with E-state index < -0.39 is 5.92 Å². The second-order valence-corrected chi connectivity index (χ2v) is 5.33. The van der Waals surface area contributed by atoms with Crippen LogP contribution in [0.5, 0.6) is 5.75 Å². The number of pyridine rings is 2. The molecule has 23 heavy (non-hydrogen) atoms. The fraction of sp³-hybridized carbons (Fsp3) is 0.211. The molecule has 4 nitrogen and oxygen atoms in total. The number of carbonyl (C=O) groups is 1. The lowest BCUT2D eigenvalue weighted by Gasteiger charge is -2.14. The maximum Gasteiger partial charge on any atom is 0.133 e. The summed E-state index contributed by atoms with van der Waals surface area (Å²) in [6.07, 6.45) is 2.66. The first kappa shape index (κ1) is 15.2. The van der Waals surface area contributed by atoms with Gasteiger partial charge >= 0.3 is 0 Å². The molecule has 2 aromatic heterocycles. The summed E-state index contributed by atoms with van der Waals surface area (Å²) in [4.78, 5) is 20.6. The number of ether oxygens (including phenoxy) is 1. The van der Waals surface area contributed by atoms with Crippen LogP contribution in [0.2, 0.25) is 0 Å². The van der Waals surface area contributed by atoms with Gasteiger partial charge in [-0.2, -0.15) is 0 Å². The number of carbonyl (C=O) groups excluding carboxylic acids is 1. The molecule has 0 spiro atoms. The molecule has 0 saturated carbocycles. The first-order chi connectivity index (χ1) is 11.2. The van der Waals surface area contributed by atoms with Gasteiger partial charge in [0.25, 0.3) is 0 Å². The molecule has 0 aliphatic heterocycles. The van der Waals surface area contributed by atoms with Gasteiger partial charge in [0.15, 0.2) is 0 Å². The van der Waals surface area contributed by atoms with Crippen molar-refractivity contribution in [1.29, 1.82) is 0 Å². The number of aryl methyl sites for hydroxylation is 1. The summed E-state index contributed by atoms with van der Waals surface area (Å²) in [6, 6.07) is 13.4. The highest BCUT2D eigenvalue weighted by Gasteiger charge is 2.18. The molecule has 0 aliphatic rings. The van der Waals surface area contributed by atoms with Crippen molar-refractivity contribution in [2.75, 3.05) is 6.61 Å². The second-order valence-electron chi connectivity index (χ2n) is 5.33. The highest BCUT2D eigenvalue weighted by atomic mass is 16.5. The lowest BCUT2D eigenvalue weighted by molar-refractivity contribution is -0.108. The van der Waals surface area contributed by atoms with E-state index in [2.05, 4.69) is 9.97 Å². The Hall–Kier alpha value is -2.75. The Labute approximate surface area is 135 Å². The Kier molecular flexibility index (Phi) is 4.33. The Morgan fingerprint density at radius 2 is 2.09 bits per heavy atom. The van der Waals surface area contributed by atoms with Gasteiger partial charge in [0, 0.05) is 23.3 Å². The molecular formula is C19H18N2O2. The van der Waals surface area contributed by atoms with Crippen LogP contribution in [0, 0.1) is 6.92 Å². The summed E-state index contributed by atoms with van der Waals surface area (Å²) >= 11 is 0. The Bertz CT molecular complexity index is 846. The monoisotopic (exact) mass is 306 g/mol. The van der Waals surface area contributed by atoms with E-state index in [1.54, 1.807) is 6.20 Å². The van der Waals surface area contributed by atoms with E-state index in [4.69, 9.17) is 4.74 Å². The first-order valence-corrected chi connectivity index (χ1v) is 7.63. The largest absolute Gasteiger partial charge is 0.494 e. The van der Waals surface area contributed by atoms with Crippen LogP contribution in [0.1, 0.15) is 29.8 Å². The number of hydrogen-bond donors (Lipinski definition) is 0. The lowest BCUT2D eigenvalue weighted by atomic mass is 9.93. The summed E-state index contributed by atoms with van der Waals surface area (Å²) in [7, 11) is 0. The molecule has 0 radical (unpaired) electrons. The van der Waals surface area contributed by atoms with Crippen LogP contribution in [0.4, 0.5) is 0 Å². The molecule has 1 unspecified atom stereocenters. The molecule has 4 heteroatoms. The van der Waals surface area contributed by atoms with Crippen molar-refractivity contribution in [2.45, 2.75) is 19.8 Å². The molecule has 1 atom stereocenters. The number of aldehydes is 1. The number of fused-ring (bicyclic) bond motifs is 1. The van der Waals surface area contributed by atoms with Gasteiger partial charge in [0.2, 0.25) is 0 Å². The predicted octanol–water partition coefficient (Wildman–Crippen LogP) is 3.67. The predicted molar refractivity (Wildman–Crippen MR) is 89.8 cm³/mol. The average Bonchev–Trinajstić information content (AvgIpc) is 2.56. The number of hydrogen-bond acceptors (Lipinski definition) is 4. The molecule has 116 valence electrons. The molecule has 2 heterocycles. The first-order valence-electron chi connectivity index (χ1n) is 7.63. The third-order valence-electron chi connectivity index (χ3n) is 3.76. The zero-order valence-corrected chi connectivity index (χ0v) is 13.2. The molecule has 1 aromatic carbocycles. The lowest BCUT2D eigenvalue weighted by Crippen LogP contribution is -2.06. The molecule has 0 fully saturated rings. The van der Waals surface area contributed by atoms with Gasteiger partial charge in [-0.25, -0.2) is 0 Å². The van der Waals surface area contributed by atoms with Crippen LogP contribution in [-0.2, 0) is 4.79 Å². The van der Waals surface area contributed by atoms with E-state index in [1.807, 2.05) is 56.3 Å². The fourth-order valence-corrected chi connectivity index (χ4v) is 2.72. The SMILES string of the molecule is CCOc1ccc2c(C(C=O)c3cccc(C)n3)ccnc2c1. The van der Waals surface area contributed by atoms with E-state index in [-0.39, 0.29) is 0 Å².